The van der Waals surface area contributed by atoms with E-state index in [1.165, 1.54) is 19.3 Å². The summed E-state index contributed by atoms with van der Waals surface area (Å²) in [6.07, 6.45) is 10.8. The van der Waals surface area contributed by atoms with Crippen LogP contribution >= 0.6 is 0 Å². The lowest BCUT2D eigenvalue weighted by molar-refractivity contribution is -0.123. The molecule has 0 aromatic heterocycles. The van der Waals surface area contributed by atoms with Crippen molar-refractivity contribution in [3.05, 3.63) is 47.5 Å². The van der Waals surface area contributed by atoms with Gasteiger partial charge in [0, 0.05) is 12.1 Å². The van der Waals surface area contributed by atoms with Crippen LogP contribution in [0.15, 0.2) is 30.9 Å². The van der Waals surface area contributed by atoms with Gasteiger partial charge in [-0.05, 0) is 82.1 Å². The van der Waals surface area contributed by atoms with Gasteiger partial charge in [0.1, 0.15) is 11.6 Å². The first-order chi connectivity index (χ1) is 16.1. The predicted molar refractivity (Wildman–Crippen MR) is 135 cm³/mol. The number of nitrogens with two attached hydrogens (primary N) is 1. The Hall–Kier alpha value is -3.13. The van der Waals surface area contributed by atoms with E-state index in [0.717, 1.165) is 11.1 Å². The molecule has 186 valence electrons. The second-order valence-electron chi connectivity index (χ2n) is 9.56. The summed E-state index contributed by atoms with van der Waals surface area (Å²) >= 11 is 0. The molecule has 8 nitrogen and oxygen atoms in total. The maximum absolute atomic E-state index is 12.8. The summed E-state index contributed by atoms with van der Waals surface area (Å²) < 4.78 is 5.19. The summed E-state index contributed by atoms with van der Waals surface area (Å²) in [4.78, 5) is 36.7. The molecule has 0 unspecified atom stereocenters. The largest absolute Gasteiger partial charge is 0.444 e. The fraction of sp³-hybridized carbons (Fsp3) is 0.500. The zero-order valence-corrected chi connectivity index (χ0v) is 20.5. The molecule has 34 heavy (non-hydrogen) atoms. The predicted octanol–water partition coefficient (Wildman–Crippen LogP) is 3.93. The van der Waals surface area contributed by atoms with E-state index in [9.17, 15) is 14.4 Å². The van der Waals surface area contributed by atoms with E-state index in [0.29, 0.717) is 37.3 Å². The van der Waals surface area contributed by atoms with Crippen LogP contribution in [0, 0.1) is 5.92 Å². The Morgan fingerprint density at radius 3 is 2.53 bits per heavy atom. The molecule has 1 saturated carbocycles. The average molecular weight is 471 g/mol. The van der Waals surface area contributed by atoms with E-state index >= 15 is 0 Å². The van der Waals surface area contributed by atoms with Crippen LogP contribution < -0.4 is 21.9 Å². The van der Waals surface area contributed by atoms with Crippen LogP contribution in [0.4, 0.5) is 4.79 Å². The van der Waals surface area contributed by atoms with E-state index in [2.05, 4.69) is 34.8 Å². The van der Waals surface area contributed by atoms with Gasteiger partial charge in [-0.15, -0.1) is 0 Å². The molecule has 1 aromatic rings. The van der Waals surface area contributed by atoms with Crippen LogP contribution in [0.1, 0.15) is 80.8 Å². The van der Waals surface area contributed by atoms with Gasteiger partial charge in [0.05, 0.1) is 0 Å². The standard InChI is InChI=1S/C26H38N4O4/c1-5-19-17-21(15-14-20(19)13-12-18-9-8-10-18)23(31)29-22(24(32)30-27)11-6-7-16-28-25(33)34-26(2,3)4/h5,12-15,17-18,22H,1,6-11,16,27H2,2-4H3,(H,28,33)(H,29,31)(H,30,32)/b13-12+/t22-/m0/s1. The summed E-state index contributed by atoms with van der Waals surface area (Å²) in [7, 11) is 0. The highest BCUT2D eigenvalue weighted by atomic mass is 16.6. The topological polar surface area (TPSA) is 123 Å². The van der Waals surface area contributed by atoms with E-state index in [4.69, 9.17) is 10.6 Å². The first kappa shape index (κ1) is 27.1. The number of hydrazine groups is 1. The number of rotatable bonds is 11. The van der Waals surface area contributed by atoms with E-state index < -0.39 is 23.6 Å². The number of allylic oxidation sites excluding steroid dienone is 1. The molecule has 1 aliphatic carbocycles. The van der Waals surface area contributed by atoms with Crippen LogP contribution in [0.2, 0.25) is 0 Å². The number of hydrogen-bond donors (Lipinski definition) is 4. The Labute approximate surface area is 202 Å². The van der Waals surface area contributed by atoms with E-state index in [-0.39, 0.29) is 5.91 Å². The fourth-order valence-electron chi connectivity index (χ4n) is 3.51. The van der Waals surface area contributed by atoms with Gasteiger partial charge in [-0.25, -0.2) is 10.6 Å². The highest BCUT2D eigenvalue weighted by Crippen LogP contribution is 2.28. The van der Waals surface area contributed by atoms with Gasteiger partial charge >= 0.3 is 6.09 Å². The van der Waals surface area contributed by atoms with Crippen molar-refractivity contribution in [2.24, 2.45) is 11.8 Å². The summed E-state index contributed by atoms with van der Waals surface area (Å²) in [5.74, 6) is 5.11. The van der Waals surface area contributed by atoms with Crippen LogP contribution in [-0.2, 0) is 9.53 Å². The van der Waals surface area contributed by atoms with Crippen molar-refractivity contribution < 1.29 is 19.1 Å². The highest BCUT2D eigenvalue weighted by Gasteiger charge is 2.21. The van der Waals surface area contributed by atoms with Gasteiger partial charge in [-0.3, -0.25) is 15.0 Å². The minimum absolute atomic E-state index is 0.363. The normalized spacial score (nSPS) is 14.7. The lowest BCUT2D eigenvalue weighted by Crippen LogP contribution is -2.49. The Balaban J connectivity index is 1.90. The molecule has 0 aliphatic heterocycles. The number of amides is 3. The van der Waals surface area contributed by atoms with Crippen LogP contribution in [0.3, 0.4) is 0 Å². The van der Waals surface area contributed by atoms with Crippen molar-refractivity contribution in [3.8, 4) is 0 Å². The zero-order chi connectivity index (χ0) is 25.1. The van der Waals surface area contributed by atoms with Crippen molar-refractivity contribution in [1.82, 2.24) is 16.1 Å². The van der Waals surface area contributed by atoms with Crippen LogP contribution in [-0.4, -0.2) is 36.1 Å². The minimum Gasteiger partial charge on any atom is -0.444 e. The quantitative estimate of drug-likeness (QED) is 0.169. The molecule has 3 amide bonds. The third-order valence-electron chi connectivity index (χ3n) is 5.62. The SMILES string of the molecule is C=Cc1cc(C(=O)N[C@@H](CCCCNC(=O)OC(C)(C)C)C(=O)NN)ccc1/C=C/C1CCC1. The third-order valence-corrected chi connectivity index (χ3v) is 5.62. The summed E-state index contributed by atoms with van der Waals surface area (Å²) in [5.41, 5.74) is 3.85. The second kappa shape index (κ2) is 12.9. The molecular weight excluding hydrogens is 432 g/mol. The third kappa shape index (κ3) is 9.02. The number of unbranched alkanes of at least 4 members (excludes halogenated alkanes) is 1. The van der Waals surface area contributed by atoms with E-state index in [1.54, 1.807) is 39.0 Å². The monoisotopic (exact) mass is 470 g/mol. The Bertz CT molecular complexity index is 901. The Kier molecular flexibility index (Phi) is 10.3. The first-order valence-electron chi connectivity index (χ1n) is 11.9. The maximum atomic E-state index is 12.8. The van der Waals surface area contributed by atoms with Gasteiger partial charge in [0.15, 0.2) is 0 Å². The summed E-state index contributed by atoms with van der Waals surface area (Å²) in [6.45, 7) is 9.65. The molecule has 5 N–H and O–H groups in total. The zero-order valence-electron chi connectivity index (χ0n) is 20.5. The Morgan fingerprint density at radius 2 is 1.94 bits per heavy atom. The molecule has 1 atom stereocenters. The van der Waals surface area contributed by atoms with Gasteiger partial charge in [-0.2, -0.15) is 0 Å². The number of benzene rings is 1. The molecule has 0 radical (unpaired) electrons. The molecule has 0 saturated heterocycles. The van der Waals surface area contributed by atoms with Crippen molar-refractivity contribution in [1.29, 1.82) is 0 Å². The van der Waals surface area contributed by atoms with E-state index in [1.807, 2.05) is 6.07 Å². The molecule has 0 bridgehead atoms. The smallest absolute Gasteiger partial charge is 0.407 e. The molecular formula is C26H38N4O4. The fourth-order valence-corrected chi connectivity index (χ4v) is 3.51. The lowest BCUT2D eigenvalue weighted by Gasteiger charge is -2.21. The second-order valence-corrected chi connectivity index (χ2v) is 9.56. The molecule has 1 aliphatic rings. The average Bonchev–Trinajstić information content (AvgIpc) is 2.75. The number of carbonyl (C=O) groups is 3. The number of hydrogen-bond acceptors (Lipinski definition) is 5. The number of ether oxygens (including phenoxy) is 1. The Morgan fingerprint density at radius 1 is 1.21 bits per heavy atom. The molecule has 0 spiro atoms. The van der Waals surface area contributed by atoms with Gasteiger partial charge in [0.2, 0.25) is 0 Å². The molecule has 1 fully saturated rings. The maximum Gasteiger partial charge on any atom is 0.407 e. The molecule has 0 heterocycles. The van der Waals surface area contributed by atoms with Crippen LogP contribution in [0.25, 0.3) is 12.2 Å². The van der Waals surface area contributed by atoms with Crippen molar-refractivity contribution in [2.45, 2.75) is 70.9 Å². The first-order valence-corrected chi connectivity index (χ1v) is 11.9. The number of nitrogens with one attached hydrogen (secondary N) is 3. The van der Waals surface area contributed by atoms with Gasteiger partial charge < -0.3 is 15.4 Å². The molecule has 8 heteroatoms. The lowest BCUT2D eigenvalue weighted by atomic mass is 9.85. The highest BCUT2D eigenvalue weighted by molar-refractivity contribution is 5.98. The van der Waals surface area contributed by atoms with Crippen molar-refractivity contribution in [2.75, 3.05) is 6.54 Å². The summed E-state index contributed by atoms with van der Waals surface area (Å²) in [5, 5.41) is 5.44. The minimum atomic E-state index is -0.788. The molecule has 1 aromatic carbocycles. The van der Waals surface area contributed by atoms with Crippen molar-refractivity contribution >= 4 is 30.1 Å². The number of alkyl carbamates (subject to hydrolysis) is 1. The van der Waals surface area contributed by atoms with Gasteiger partial charge in [0.25, 0.3) is 11.8 Å². The van der Waals surface area contributed by atoms with Crippen LogP contribution in [0.5, 0.6) is 0 Å². The van der Waals surface area contributed by atoms with Gasteiger partial charge in [-0.1, -0.05) is 37.3 Å². The summed E-state index contributed by atoms with van der Waals surface area (Å²) in [6, 6.07) is 4.61. The van der Waals surface area contributed by atoms with Crippen molar-refractivity contribution in [3.63, 3.8) is 0 Å². The number of carbonyl (C=O) groups excluding carboxylic acids is 3. The molecule has 2 rings (SSSR count).